The number of guanidine groups is 1. The number of aliphatic imine (C=N–C) groups is 1. The number of nitrogens with zero attached hydrogens (tertiary/aromatic N) is 4. The molecule has 22 heavy (non-hydrogen) atoms. The highest BCUT2D eigenvalue weighted by molar-refractivity contribution is 5.77. The summed E-state index contributed by atoms with van der Waals surface area (Å²) >= 11 is 0. The van der Waals surface area contributed by atoms with Crippen molar-refractivity contribution in [3.63, 3.8) is 0 Å². The maximum Gasteiger partial charge on any atom is 0.188 e. The van der Waals surface area contributed by atoms with Crippen molar-refractivity contribution >= 4 is 5.96 Å². The number of nitrogens with two attached hydrogens (primary N) is 1. The van der Waals surface area contributed by atoms with Gasteiger partial charge in [-0.2, -0.15) is 0 Å². The van der Waals surface area contributed by atoms with Crippen molar-refractivity contribution in [1.82, 2.24) is 20.1 Å². The Labute approximate surface area is 133 Å². The van der Waals surface area contributed by atoms with E-state index in [1.54, 1.807) is 0 Å². The minimum Gasteiger partial charge on any atom is -0.370 e. The van der Waals surface area contributed by atoms with Gasteiger partial charge in [0.1, 0.15) is 0 Å². The van der Waals surface area contributed by atoms with Crippen molar-refractivity contribution in [3.8, 4) is 0 Å². The summed E-state index contributed by atoms with van der Waals surface area (Å²) in [6.45, 7) is 7.12. The second-order valence-electron chi connectivity index (χ2n) is 5.76. The van der Waals surface area contributed by atoms with Crippen molar-refractivity contribution < 1.29 is 0 Å². The first-order valence-electron chi connectivity index (χ1n) is 8.08. The Morgan fingerprint density at radius 2 is 2.23 bits per heavy atom. The lowest BCUT2D eigenvalue weighted by Gasteiger charge is -2.18. The van der Waals surface area contributed by atoms with Crippen molar-refractivity contribution in [3.05, 3.63) is 30.1 Å². The largest absolute Gasteiger partial charge is 0.370 e. The highest BCUT2D eigenvalue weighted by Crippen LogP contribution is 2.00. The molecule has 1 aromatic rings. The van der Waals surface area contributed by atoms with Gasteiger partial charge in [0.2, 0.25) is 0 Å². The lowest BCUT2D eigenvalue weighted by molar-refractivity contribution is 0.283. The summed E-state index contributed by atoms with van der Waals surface area (Å²) in [6, 6.07) is 5.94. The Hall–Kier alpha value is -1.66. The van der Waals surface area contributed by atoms with Crippen LogP contribution in [0.15, 0.2) is 29.4 Å². The third kappa shape index (κ3) is 6.41. The zero-order valence-corrected chi connectivity index (χ0v) is 13.5. The SMILES string of the molecule is CN1CCCN(CCN=C(N)NCCc2ccccn2)CC1. The molecule has 2 rings (SSSR count). The summed E-state index contributed by atoms with van der Waals surface area (Å²) in [5, 5.41) is 3.15. The molecular formula is C16H28N6. The van der Waals surface area contributed by atoms with Gasteiger partial charge in [0.15, 0.2) is 5.96 Å². The molecule has 0 bridgehead atoms. The Morgan fingerprint density at radius 3 is 3.05 bits per heavy atom. The molecule has 0 atom stereocenters. The topological polar surface area (TPSA) is 69.8 Å². The number of aromatic nitrogens is 1. The number of likely N-dealkylation sites (N-methyl/N-ethyl adjacent to an activating group) is 1. The van der Waals surface area contributed by atoms with E-state index >= 15 is 0 Å². The normalized spacial score (nSPS) is 18.1. The Kier molecular flexibility index (Phi) is 7.12. The monoisotopic (exact) mass is 304 g/mol. The van der Waals surface area contributed by atoms with E-state index in [9.17, 15) is 0 Å². The van der Waals surface area contributed by atoms with Crippen LogP contribution in [0.4, 0.5) is 0 Å². The summed E-state index contributed by atoms with van der Waals surface area (Å²) in [6.07, 6.45) is 3.90. The molecule has 1 saturated heterocycles. The molecule has 1 aliphatic heterocycles. The van der Waals surface area contributed by atoms with Crippen LogP contribution in [-0.4, -0.2) is 73.6 Å². The molecule has 1 aliphatic rings. The van der Waals surface area contributed by atoms with Gasteiger partial charge in [-0.15, -0.1) is 0 Å². The minimum absolute atomic E-state index is 0.530. The number of hydrogen-bond donors (Lipinski definition) is 2. The summed E-state index contributed by atoms with van der Waals surface area (Å²) in [5.41, 5.74) is 6.96. The van der Waals surface area contributed by atoms with Crippen molar-refractivity contribution in [1.29, 1.82) is 0 Å². The molecule has 6 nitrogen and oxygen atoms in total. The van der Waals surface area contributed by atoms with Gasteiger partial charge in [-0.1, -0.05) is 6.07 Å². The van der Waals surface area contributed by atoms with Gasteiger partial charge in [0.25, 0.3) is 0 Å². The minimum atomic E-state index is 0.530. The van der Waals surface area contributed by atoms with E-state index in [1.165, 1.54) is 13.0 Å². The molecule has 0 radical (unpaired) electrons. The van der Waals surface area contributed by atoms with Gasteiger partial charge >= 0.3 is 0 Å². The first kappa shape index (κ1) is 16.7. The standard InChI is InChI=1S/C16H28N6/c1-21-10-4-11-22(14-13-21)12-9-20-16(17)19-8-6-15-5-2-3-7-18-15/h2-3,5,7H,4,6,8-14H2,1H3,(H3,17,19,20). The maximum atomic E-state index is 5.90. The number of rotatable bonds is 6. The van der Waals surface area contributed by atoms with Crippen molar-refractivity contribution in [2.45, 2.75) is 12.8 Å². The predicted octanol–water partition coefficient (Wildman–Crippen LogP) is 0.166. The molecule has 0 saturated carbocycles. The molecule has 0 aromatic carbocycles. The van der Waals surface area contributed by atoms with E-state index in [-0.39, 0.29) is 0 Å². The fourth-order valence-electron chi connectivity index (χ4n) is 2.56. The van der Waals surface area contributed by atoms with Crippen LogP contribution in [0.1, 0.15) is 12.1 Å². The first-order valence-corrected chi connectivity index (χ1v) is 8.08. The quantitative estimate of drug-likeness (QED) is 0.579. The third-order valence-electron chi connectivity index (χ3n) is 3.92. The molecule has 6 heteroatoms. The molecule has 1 fully saturated rings. The second kappa shape index (κ2) is 9.38. The summed E-state index contributed by atoms with van der Waals surface area (Å²) < 4.78 is 0. The van der Waals surface area contributed by atoms with E-state index in [0.29, 0.717) is 5.96 Å². The Balaban J connectivity index is 1.61. The van der Waals surface area contributed by atoms with Gasteiger partial charge in [0.05, 0.1) is 6.54 Å². The summed E-state index contributed by atoms with van der Waals surface area (Å²) in [5.74, 6) is 0.530. The van der Waals surface area contributed by atoms with Gasteiger partial charge in [-0.25, -0.2) is 0 Å². The lowest BCUT2D eigenvalue weighted by atomic mass is 10.3. The van der Waals surface area contributed by atoms with Crippen LogP contribution < -0.4 is 11.1 Å². The van der Waals surface area contributed by atoms with Gasteiger partial charge in [-0.05, 0) is 38.7 Å². The van der Waals surface area contributed by atoms with Crippen LogP contribution in [-0.2, 0) is 6.42 Å². The lowest BCUT2D eigenvalue weighted by Crippen LogP contribution is -2.35. The zero-order valence-electron chi connectivity index (χ0n) is 13.5. The highest BCUT2D eigenvalue weighted by Gasteiger charge is 2.10. The third-order valence-corrected chi connectivity index (χ3v) is 3.92. The molecule has 2 heterocycles. The number of hydrogen-bond acceptors (Lipinski definition) is 4. The van der Waals surface area contributed by atoms with Gasteiger partial charge in [0, 0.05) is 44.5 Å². The fourth-order valence-corrected chi connectivity index (χ4v) is 2.56. The summed E-state index contributed by atoms with van der Waals surface area (Å²) in [4.78, 5) is 13.5. The average Bonchev–Trinajstić information content (AvgIpc) is 2.73. The Morgan fingerprint density at radius 1 is 1.32 bits per heavy atom. The van der Waals surface area contributed by atoms with E-state index in [1.807, 2.05) is 24.4 Å². The molecule has 0 amide bonds. The molecule has 0 aliphatic carbocycles. The van der Waals surface area contributed by atoms with Crippen LogP contribution in [0.25, 0.3) is 0 Å². The van der Waals surface area contributed by atoms with E-state index in [2.05, 4.69) is 32.1 Å². The average molecular weight is 304 g/mol. The van der Waals surface area contributed by atoms with E-state index in [4.69, 9.17) is 5.73 Å². The Bertz CT molecular complexity index is 447. The van der Waals surface area contributed by atoms with Crippen LogP contribution in [0.5, 0.6) is 0 Å². The van der Waals surface area contributed by atoms with E-state index < -0.39 is 0 Å². The maximum absolute atomic E-state index is 5.90. The highest BCUT2D eigenvalue weighted by atomic mass is 15.2. The van der Waals surface area contributed by atoms with Gasteiger partial charge < -0.3 is 20.9 Å². The fraction of sp³-hybridized carbons (Fsp3) is 0.625. The van der Waals surface area contributed by atoms with Crippen LogP contribution in [0.2, 0.25) is 0 Å². The second-order valence-corrected chi connectivity index (χ2v) is 5.76. The van der Waals surface area contributed by atoms with Crippen molar-refractivity contribution in [2.24, 2.45) is 10.7 Å². The van der Waals surface area contributed by atoms with Crippen LogP contribution in [0.3, 0.4) is 0 Å². The number of nitrogens with one attached hydrogen (secondary N) is 1. The van der Waals surface area contributed by atoms with Crippen LogP contribution >= 0.6 is 0 Å². The molecule has 1 aromatic heterocycles. The molecule has 3 N–H and O–H groups in total. The number of pyridine rings is 1. The summed E-state index contributed by atoms with van der Waals surface area (Å²) in [7, 11) is 2.19. The smallest absolute Gasteiger partial charge is 0.188 e. The van der Waals surface area contributed by atoms with E-state index in [0.717, 1.165) is 51.4 Å². The molecule has 0 spiro atoms. The molecule has 0 unspecified atom stereocenters. The zero-order chi connectivity index (χ0) is 15.6. The first-order chi connectivity index (χ1) is 10.7. The molecule has 122 valence electrons. The predicted molar refractivity (Wildman–Crippen MR) is 91.0 cm³/mol. The van der Waals surface area contributed by atoms with Crippen LogP contribution in [0, 0.1) is 0 Å². The molecular weight excluding hydrogens is 276 g/mol. The van der Waals surface area contributed by atoms with Crippen molar-refractivity contribution in [2.75, 3.05) is 52.9 Å². The van der Waals surface area contributed by atoms with Gasteiger partial charge in [-0.3, -0.25) is 9.98 Å².